The summed E-state index contributed by atoms with van der Waals surface area (Å²) in [7, 11) is 3.51. The van der Waals surface area contributed by atoms with Crippen molar-refractivity contribution in [2.75, 3.05) is 12.4 Å². The highest BCUT2D eigenvalue weighted by Gasteiger charge is 2.15. The van der Waals surface area contributed by atoms with Crippen molar-refractivity contribution in [2.45, 2.75) is 6.61 Å². The summed E-state index contributed by atoms with van der Waals surface area (Å²) in [6.45, 7) is 0.391. The molecule has 0 unspecified atom stereocenters. The molecule has 1 N–H and O–H groups in total. The number of hydrogen-bond donors (Lipinski definition) is 1. The fourth-order valence-electron chi connectivity index (χ4n) is 2.17. The summed E-state index contributed by atoms with van der Waals surface area (Å²) in [6, 6.07) is 7.78. The Morgan fingerprint density at radius 2 is 2.19 bits per heavy atom. The van der Waals surface area contributed by atoms with Crippen LogP contribution in [0.4, 0.5) is 5.13 Å². The maximum absolute atomic E-state index is 12.4. The molecule has 3 aromatic rings. The third kappa shape index (κ3) is 2.65. The summed E-state index contributed by atoms with van der Waals surface area (Å²) in [4.78, 5) is 12.4. The van der Waals surface area contributed by atoms with Crippen molar-refractivity contribution < 1.29 is 9.53 Å². The summed E-state index contributed by atoms with van der Waals surface area (Å²) in [5.41, 5.74) is 1.64. The largest absolute Gasteiger partial charge is 0.377 e. The van der Waals surface area contributed by atoms with Crippen LogP contribution in [0, 0.1) is 0 Å². The van der Waals surface area contributed by atoms with Gasteiger partial charge in [-0.2, -0.15) is 0 Å². The number of amides is 1. The number of aromatic nitrogens is 3. The van der Waals surface area contributed by atoms with Crippen molar-refractivity contribution in [2.24, 2.45) is 7.05 Å². The Balaban J connectivity index is 1.86. The van der Waals surface area contributed by atoms with Crippen LogP contribution < -0.4 is 5.32 Å². The summed E-state index contributed by atoms with van der Waals surface area (Å²) >= 11 is 1.31. The maximum Gasteiger partial charge on any atom is 0.259 e. The number of ether oxygens (including phenoxy) is 1. The number of nitrogens with zero attached hydrogens (tertiary/aromatic N) is 3. The molecule has 0 aliphatic rings. The highest BCUT2D eigenvalue weighted by Crippen LogP contribution is 2.22. The normalized spacial score (nSPS) is 11.0. The van der Waals surface area contributed by atoms with Crippen molar-refractivity contribution in [1.29, 1.82) is 0 Å². The molecule has 0 atom stereocenters. The van der Waals surface area contributed by atoms with Gasteiger partial charge in [0.1, 0.15) is 11.6 Å². The topological polar surface area (TPSA) is 69.0 Å². The Bertz CT molecular complexity index is 793. The van der Waals surface area contributed by atoms with Gasteiger partial charge in [0.15, 0.2) is 0 Å². The highest BCUT2D eigenvalue weighted by atomic mass is 32.1. The number of rotatable bonds is 4. The Labute approximate surface area is 125 Å². The number of methoxy groups -OCH3 is 1. The van der Waals surface area contributed by atoms with Crippen LogP contribution in [0.5, 0.6) is 0 Å². The van der Waals surface area contributed by atoms with E-state index < -0.39 is 0 Å². The van der Waals surface area contributed by atoms with E-state index in [0.717, 1.165) is 15.9 Å². The molecule has 7 heteroatoms. The molecule has 1 amide bonds. The fraction of sp³-hybridized carbons (Fsp3) is 0.214. The predicted molar refractivity (Wildman–Crippen MR) is 81.5 cm³/mol. The van der Waals surface area contributed by atoms with Gasteiger partial charge in [-0.1, -0.05) is 29.5 Å². The van der Waals surface area contributed by atoms with E-state index in [-0.39, 0.29) is 5.91 Å². The average Bonchev–Trinajstić information content (AvgIpc) is 3.05. The van der Waals surface area contributed by atoms with Crippen molar-refractivity contribution >= 4 is 33.3 Å². The first-order chi connectivity index (χ1) is 10.2. The van der Waals surface area contributed by atoms with Gasteiger partial charge < -0.3 is 9.30 Å². The molecule has 0 bridgehead atoms. The van der Waals surface area contributed by atoms with Gasteiger partial charge in [0.25, 0.3) is 5.91 Å². The standard InChI is InChI=1S/C14H14N4O2S/c1-18-7-10(9-5-3-4-6-11(9)18)13(19)15-14-17-16-12(21-14)8-20-2/h3-7H,8H2,1-2H3,(H,15,17,19). The van der Waals surface area contributed by atoms with E-state index >= 15 is 0 Å². The number of para-hydroxylation sites is 1. The van der Waals surface area contributed by atoms with Crippen molar-refractivity contribution in [3.05, 3.63) is 41.0 Å². The van der Waals surface area contributed by atoms with Crippen LogP contribution in [0.25, 0.3) is 10.9 Å². The lowest BCUT2D eigenvalue weighted by atomic mass is 10.1. The molecule has 3 rings (SSSR count). The van der Waals surface area contributed by atoms with E-state index in [1.807, 2.05) is 42.1 Å². The van der Waals surface area contributed by atoms with Crippen molar-refractivity contribution in [3.8, 4) is 0 Å². The lowest BCUT2D eigenvalue weighted by molar-refractivity contribution is 0.102. The number of hydrogen-bond acceptors (Lipinski definition) is 5. The van der Waals surface area contributed by atoms with Crippen LogP contribution in [0.2, 0.25) is 0 Å². The van der Waals surface area contributed by atoms with Crippen molar-refractivity contribution in [1.82, 2.24) is 14.8 Å². The Kier molecular flexibility index (Phi) is 3.68. The molecule has 0 aliphatic carbocycles. The summed E-state index contributed by atoms with van der Waals surface area (Å²) in [5.74, 6) is -0.188. The summed E-state index contributed by atoms with van der Waals surface area (Å²) in [5, 5.41) is 12.8. The van der Waals surface area contributed by atoms with Crippen LogP contribution in [-0.2, 0) is 18.4 Å². The van der Waals surface area contributed by atoms with Crippen LogP contribution in [0.15, 0.2) is 30.5 Å². The summed E-state index contributed by atoms with van der Waals surface area (Å²) in [6.07, 6.45) is 1.82. The zero-order chi connectivity index (χ0) is 14.8. The number of fused-ring (bicyclic) bond motifs is 1. The average molecular weight is 302 g/mol. The van der Waals surface area contributed by atoms with E-state index in [9.17, 15) is 4.79 Å². The smallest absolute Gasteiger partial charge is 0.259 e. The lowest BCUT2D eigenvalue weighted by Crippen LogP contribution is -2.11. The van der Waals surface area contributed by atoms with Gasteiger partial charge >= 0.3 is 0 Å². The molecular formula is C14H14N4O2S. The number of anilines is 1. The Morgan fingerprint density at radius 3 is 3.00 bits per heavy atom. The molecular weight excluding hydrogens is 288 g/mol. The highest BCUT2D eigenvalue weighted by molar-refractivity contribution is 7.15. The minimum absolute atomic E-state index is 0.188. The fourth-order valence-corrected chi connectivity index (χ4v) is 2.88. The lowest BCUT2D eigenvalue weighted by Gasteiger charge is -1.99. The minimum Gasteiger partial charge on any atom is -0.377 e. The maximum atomic E-state index is 12.4. The van der Waals surface area contributed by atoms with E-state index in [1.54, 1.807) is 7.11 Å². The quantitative estimate of drug-likeness (QED) is 0.803. The first-order valence-corrected chi connectivity index (χ1v) is 7.17. The predicted octanol–water partition coefficient (Wildman–Crippen LogP) is 2.43. The molecule has 2 heterocycles. The van der Waals surface area contributed by atoms with E-state index in [2.05, 4.69) is 15.5 Å². The zero-order valence-corrected chi connectivity index (χ0v) is 12.5. The van der Waals surface area contributed by atoms with Crippen LogP contribution in [0.1, 0.15) is 15.4 Å². The number of carbonyl (C=O) groups is 1. The van der Waals surface area contributed by atoms with E-state index in [0.29, 0.717) is 17.3 Å². The SMILES string of the molecule is COCc1nnc(NC(=O)c2cn(C)c3ccccc23)s1. The molecule has 0 saturated carbocycles. The second-order valence-corrected chi connectivity index (χ2v) is 5.62. The monoisotopic (exact) mass is 302 g/mol. The summed E-state index contributed by atoms with van der Waals surface area (Å²) < 4.78 is 6.91. The Morgan fingerprint density at radius 1 is 1.38 bits per heavy atom. The molecule has 108 valence electrons. The van der Waals surface area contributed by atoms with Gasteiger partial charge in [0.05, 0.1) is 5.56 Å². The molecule has 21 heavy (non-hydrogen) atoms. The first-order valence-electron chi connectivity index (χ1n) is 6.36. The van der Waals surface area contributed by atoms with Crippen LogP contribution in [-0.4, -0.2) is 27.8 Å². The zero-order valence-electron chi connectivity index (χ0n) is 11.7. The van der Waals surface area contributed by atoms with Gasteiger partial charge in [-0.05, 0) is 6.07 Å². The molecule has 1 aromatic carbocycles. The number of aryl methyl sites for hydroxylation is 1. The molecule has 2 aromatic heterocycles. The molecule has 0 spiro atoms. The van der Waals surface area contributed by atoms with Crippen molar-refractivity contribution in [3.63, 3.8) is 0 Å². The molecule has 6 nitrogen and oxygen atoms in total. The molecule has 0 radical (unpaired) electrons. The van der Waals surface area contributed by atoms with Gasteiger partial charge in [-0.3, -0.25) is 10.1 Å². The van der Waals surface area contributed by atoms with Crippen LogP contribution >= 0.6 is 11.3 Å². The molecule has 0 saturated heterocycles. The van der Waals surface area contributed by atoms with E-state index in [4.69, 9.17) is 4.74 Å². The van der Waals surface area contributed by atoms with Gasteiger partial charge in [-0.15, -0.1) is 10.2 Å². The third-order valence-electron chi connectivity index (χ3n) is 3.10. The number of nitrogens with one attached hydrogen (secondary N) is 1. The minimum atomic E-state index is -0.188. The van der Waals surface area contributed by atoms with Crippen LogP contribution in [0.3, 0.4) is 0 Å². The van der Waals surface area contributed by atoms with Gasteiger partial charge in [0.2, 0.25) is 5.13 Å². The third-order valence-corrected chi connectivity index (χ3v) is 3.91. The van der Waals surface area contributed by atoms with E-state index in [1.165, 1.54) is 11.3 Å². The molecule has 0 fully saturated rings. The number of carbonyl (C=O) groups excluding carboxylic acids is 1. The second kappa shape index (κ2) is 5.63. The molecule has 0 aliphatic heterocycles. The van der Waals surface area contributed by atoms with Gasteiger partial charge in [0, 0.05) is 31.3 Å². The van der Waals surface area contributed by atoms with Gasteiger partial charge in [-0.25, -0.2) is 0 Å². The Hall–Kier alpha value is -2.25. The second-order valence-electron chi connectivity index (χ2n) is 4.56. The first kappa shape index (κ1) is 13.7. The number of benzene rings is 1.